The third-order valence-electron chi connectivity index (χ3n) is 6.68. The number of methoxy groups -OCH3 is 2. The van der Waals surface area contributed by atoms with Crippen LogP contribution in [0.15, 0.2) is 41.5 Å². The molecule has 0 aliphatic carbocycles. The van der Waals surface area contributed by atoms with E-state index in [1.807, 2.05) is 31.2 Å². The van der Waals surface area contributed by atoms with E-state index in [0.717, 1.165) is 29.5 Å². The molecule has 4 rings (SSSR count). The lowest BCUT2D eigenvalue weighted by Crippen LogP contribution is -2.41. The van der Waals surface area contributed by atoms with Crippen molar-refractivity contribution in [1.82, 2.24) is 15.2 Å². The number of nitrogens with zero attached hydrogens (tertiary/aromatic N) is 3. The number of hydrogen-bond donors (Lipinski definition) is 2. The highest BCUT2D eigenvalue weighted by Gasteiger charge is 2.30. The number of amides is 3. The van der Waals surface area contributed by atoms with Gasteiger partial charge < -0.3 is 24.8 Å². The summed E-state index contributed by atoms with van der Waals surface area (Å²) in [6.07, 6.45) is 2.28. The molecule has 2 heterocycles. The average Bonchev–Trinajstić information content (AvgIpc) is 3.32. The highest BCUT2D eigenvalue weighted by Crippen LogP contribution is 2.34. The van der Waals surface area contributed by atoms with E-state index in [1.54, 1.807) is 38.3 Å². The number of ether oxygens (including phenoxy) is 2. The summed E-state index contributed by atoms with van der Waals surface area (Å²) in [6.45, 7) is 2.56. The molecule has 2 aliphatic rings. The Morgan fingerprint density at radius 2 is 1.83 bits per heavy atom. The molecule has 1 saturated heterocycles. The molecule has 0 aromatic heterocycles. The minimum atomic E-state index is -0.308. The lowest BCUT2D eigenvalue weighted by molar-refractivity contribution is 0.0677. The molecule has 0 saturated carbocycles. The Labute approximate surface area is 205 Å². The van der Waals surface area contributed by atoms with Gasteiger partial charge in [-0.15, -0.1) is 0 Å². The lowest BCUT2D eigenvalue weighted by atomic mass is 9.93. The van der Waals surface area contributed by atoms with Crippen LogP contribution >= 0.6 is 0 Å². The Morgan fingerprint density at radius 1 is 1.14 bits per heavy atom. The second-order valence-electron chi connectivity index (χ2n) is 8.82. The molecular weight excluding hydrogens is 448 g/mol. The quantitative estimate of drug-likeness (QED) is 0.685. The molecule has 0 radical (unpaired) electrons. The van der Waals surface area contributed by atoms with Gasteiger partial charge in [-0.2, -0.15) is 5.10 Å². The summed E-state index contributed by atoms with van der Waals surface area (Å²) < 4.78 is 11.0. The van der Waals surface area contributed by atoms with Crippen molar-refractivity contribution in [2.45, 2.75) is 38.3 Å². The molecule has 9 heteroatoms. The highest BCUT2D eigenvalue weighted by molar-refractivity contribution is 6.15. The van der Waals surface area contributed by atoms with Crippen molar-refractivity contribution in [1.29, 1.82) is 0 Å². The van der Waals surface area contributed by atoms with Crippen molar-refractivity contribution in [3.8, 4) is 11.5 Å². The lowest BCUT2D eigenvalue weighted by Gasteiger charge is -2.23. The summed E-state index contributed by atoms with van der Waals surface area (Å²) in [5.41, 5.74) is 3.72. The maximum absolute atomic E-state index is 13.0. The molecule has 35 heavy (non-hydrogen) atoms. The van der Waals surface area contributed by atoms with Crippen molar-refractivity contribution < 1.29 is 24.2 Å². The molecule has 1 fully saturated rings. The van der Waals surface area contributed by atoms with Crippen LogP contribution in [0.1, 0.15) is 46.8 Å². The Bertz CT molecular complexity index is 1130. The second kappa shape index (κ2) is 10.4. The fourth-order valence-corrected chi connectivity index (χ4v) is 4.78. The van der Waals surface area contributed by atoms with E-state index in [0.29, 0.717) is 35.7 Å². The minimum Gasteiger partial charge on any atom is -0.493 e. The molecule has 0 unspecified atom stereocenters. The van der Waals surface area contributed by atoms with Gasteiger partial charge in [0.1, 0.15) is 0 Å². The van der Waals surface area contributed by atoms with Crippen molar-refractivity contribution in [3.63, 3.8) is 0 Å². The molecule has 9 nitrogen and oxygen atoms in total. The van der Waals surface area contributed by atoms with Crippen molar-refractivity contribution in [3.05, 3.63) is 58.7 Å². The number of fused-ring (bicyclic) bond motifs is 1. The topological polar surface area (TPSA) is 104 Å². The molecule has 2 aliphatic heterocycles. The monoisotopic (exact) mass is 480 g/mol. The van der Waals surface area contributed by atoms with Crippen molar-refractivity contribution >= 4 is 17.6 Å². The van der Waals surface area contributed by atoms with Crippen LogP contribution in [0, 0.1) is 0 Å². The molecular formula is C26H32N4O5. The molecule has 0 bridgehead atoms. The van der Waals surface area contributed by atoms with E-state index in [1.165, 1.54) is 5.01 Å². The Kier molecular flexibility index (Phi) is 7.25. The SMILES string of the molecule is CNC(=O)N1N=C(c2ccc(C(=O)N3CCC[C@@H]3CO)cc2)c2cc(OC)c(OC)cc2C[C@H]1C. The number of aliphatic hydroxyl groups excluding tert-OH is 1. The zero-order valence-corrected chi connectivity index (χ0v) is 20.6. The van der Waals surface area contributed by atoms with E-state index in [9.17, 15) is 14.7 Å². The zero-order valence-electron chi connectivity index (χ0n) is 20.6. The van der Waals surface area contributed by atoms with Gasteiger partial charge in [0.2, 0.25) is 0 Å². The molecule has 0 spiro atoms. The first-order valence-electron chi connectivity index (χ1n) is 11.8. The summed E-state index contributed by atoms with van der Waals surface area (Å²) in [5, 5.41) is 18.5. The van der Waals surface area contributed by atoms with Crippen LogP contribution in [0.25, 0.3) is 0 Å². The number of hydrogen-bond acceptors (Lipinski definition) is 6. The Hall–Kier alpha value is -3.59. The van der Waals surface area contributed by atoms with Gasteiger partial charge in [-0.3, -0.25) is 4.79 Å². The Balaban J connectivity index is 1.77. The van der Waals surface area contributed by atoms with Crippen LogP contribution in [0.5, 0.6) is 11.5 Å². The Morgan fingerprint density at radius 3 is 2.46 bits per heavy atom. The van der Waals surface area contributed by atoms with Gasteiger partial charge in [0.25, 0.3) is 5.91 Å². The van der Waals surface area contributed by atoms with Crippen LogP contribution in [-0.4, -0.2) is 79.2 Å². The number of rotatable bonds is 5. The fourth-order valence-electron chi connectivity index (χ4n) is 4.78. The predicted octanol–water partition coefficient (Wildman–Crippen LogP) is 2.64. The van der Waals surface area contributed by atoms with E-state index in [2.05, 4.69) is 5.32 Å². The standard InChI is InChI=1S/C26H32N4O5/c1-16-12-19-13-22(34-3)23(35-4)14-21(19)24(28-30(16)26(33)27-2)17-7-9-18(10-8-17)25(32)29-11-5-6-20(29)15-31/h7-10,13-14,16,20,31H,5-6,11-12,15H2,1-4H3,(H,27,33)/t16-,20-/m1/s1. The largest absolute Gasteiger partial charge is 0.493 e. The van der Waals surface area contributed by atoms with E-state index in [4.69, 9.17) is 14.6 Å². The summed E-state index contributed by atoms with van der Waals surface area (Å²) in [7, 11) is 4.75. The van der Waals surface area contributed by atoms with Crippen LogP contribution in [0.4, 0.5) is 4.79 Å². The first kappa shape index (κ1) is 24.5. The van der Waals surface area contributed by atoms with Crippen molar-refractivity contribution in [2.24, 2.45) is 5.10 Å². The minimum absolute atomic E-state index is 0.0315. The highest BCUT2D eigenvalue weighted by atomic mass is 16.5. The maximum Gasteiger partial charge on any atom is 0.337 e. The molecule has 3 amide bonds. The third-order valence-corrected chi connectivity index (χ3v) is 6.68. The number of carbonyl (C=O) groups excluding carboxylic acids is 2. The van der Waals surface area contributed by atoms with Crippen LogP contribution in [-0.2, 0) is 6.42 Å². The third kappa shape index (κ3) is 4.68. The molecule has 2 aromatic carbocycles. The van der Waals surface area contributed by atoms with Gasteiger partial charge in [0.15, 0.2) is 11.5 Å². The summed E-state index contributed by atoms with van der Waals surface area (Å²) >= 11 is 0. The molecule has 186 valence electrons. The predicted molar refractivity (Wildman–Crippen MR) is 132 cm³/mol. The number of nitrogens with one attached hydrogen (secondary N) is 1. The first-order chi connectivity index (χ1) is 16.9. The van der Waals surface area contributed by atoms with E-state index < -0.39 is 0 Å². The van der Waals surface area contributed by atoms with Crippen LogP contribution < -0.4 is 14.8 Å². The van der Waals surface area contributed by atoms with Gasteiger partial charge in [-0.1, -0.05) is 12.1 Å². The van der Waals surface area contributed by atoms with Gasteiger partial charge in [-0.05, 0) is 56.0 Å². The first-order valence-corrected chi connectivity index (χ1v) is 11.8. The normalized spacial score (nSPS) is 19.5. The smallest absolute Gasteiger partial charge is 0.337 e. The second-order valence-corrected chi connectivity index (χ2v) is 8.82. The fraction of sp³-hybridized carbons (Fsp3) is 0.423. The summed E-state index contributed by atoms with van der Waals surface area (Å²) in [6, 6.07) is 10.4. The number of carbonyl (C=O) groups is 2. The van der Waals surface area contributed by atoms with Gasteiger partial charge in [-0.25, -0.2) is 9.80 Å². The van der Waals surface area contributed by atoms with E-state index in [-0.39, 0.29) is 30.6 Å². The molecule has 2 N–H and O–H groups in total. The van der Waals surface area contributed by atoms with Crippen LogP contribution in [0.3, 0.4) is 0 Å². The zero-order chi connectivity index (χ0) is 25.1. The summed E-state index contributed by atoms with van der Waals surface area (Å²) in [5.74, 6) is 1.08. The van der Waals surface area contributed by atoms with Crippen molar-refractivity contribution in [2.75, 3.05) is 34.4 Å². The number of hydrazone groups is 1. The summed E-state index contributed by atoms with van der Waals surface area (Å²) in [4.78, 5) is 27.4. The number of benzene rings is 2. The number of urea groups is 1. The average molecular weight is 481 g/mol. The molecule has 2 atom stereocenters. The molecule has 2 aromatic rings. The number of aliphatic hydroxyl groups is 1. The van der Waals surface area contributed by atoms with Crippen LogP contribution in [0.2, 0.25) is 0 Å². The van der Waals surface area contributed by atoms with E-state index >= 15 is 0 Å². The van der Waals surface area contributed by atoms with Gasteiger partial charge in [0, 0.05) is 30.3 Å². The maximum atomic E-state index is 13.0. The number of likely N-dealkylation sites (tertiary alicyclic amines) is 1. The van der Waals surface area contributed by atoms with Gasteiger partial charge >= 0.3 is 6.03 Å². The van der Waals surface area contributed by atoms with Gasteiger partial charge in [0.05, 0.1) is 38.6 Å².